The fourth-order valence-electron chi connectivity index (χ4n) is 2.84. The molecule has 1 N–H and O–H groups in total. The monoisotopic (exact) mass is 410 g/mol. The first-order chi connectivity index (χ1) is 11.5. The molecule has 1 saturated heterocycles. The van der Waals surface area contributed by atoms with Crippen molar-refractivity contribution in [3.63, 3.8) is 0 Å². The van der Waals surface area contributed by atoms with Crippen LogP contribution >= 0.6 is 27.5 Å². The molecule has 0 atom stereocenters. The summed E-state index contributed by atoms with van der Waals surface area (Å²) in [6.45, 7) is 7.09. The summed E-state index contributed by atoms with van der Waals surface area (Å²) in [4.78, 5) is 16.8. The van der Waals surface area contributed by atoms with Crippen molar-refractivity contribution in [1.29, 1.82) is 0 Å². The van der Waals surface area contributed by atoms with Gasteiger partial charge in [0.05, 0.1) is 10.2 Å². The van der Waals surface area contributed by atoms with Crippen LogP contribution in [0.2, 0.25) is 5.02 Å². The third-order valence-electron chi connectivity index (χ3n) is 4.27. The average molecular weight is 412 g/mol. The van der Waals surface area contributed by atoms with Gasteiger partial charge < -0.3 is 9.80 Å². The van der Waals surface area contributed by atoms with Crippen molar-refractivity contribution in [3.05, 3.63) is 45.1 Å². The van der Waals surface area contributed by atoms with Gasteiger partial charge in [0.15, 0.2) is 5.69 Å². The maximum atomic E-state index is 12.7. The maximum absolute atomic E-state index is 12.7. The molecular weight excluding hydrogens is 392 g/mol. The standard InChI is InChI=1S/C17H20BrClN4O/c1-11(2)15-14(18)16(21-20-15)17(24)23-9-7-22(8-10-23)13-5-3-12(19)4-6-13/h3-6,11H,7-10H2,1-2H3,(H,20,21). The minimum Gasteiger partial charge on any atom is -0.368 e. The number of piperazine rings is 1. The SMILES string of the molecule is CC(C)c1[nH]nc(C(=O)N2CCN(c3ccc(Cl)cc3)CC2)c1Br. The molecule has 7 heteroatoms. The molecule has 0 radical (unpaired) electrons. The number of nitrogens with zero attached hydrogens (tertiary/aromatic N) is 3. The molecule has 1 fully saturated rings. The highest BCUT2D eigenvalue weighted by molar-refractivity contribution is 9.10. The number of H-pyrrole nitrogens is 1. The van der Waals surface area contributed by atoms with Crippen molar-refractivity contribution in [3.8, 4) is 0 Å². The average Bonchev–Trinajstić information content (AvgIpc) is 2.97. The molecule has 1 aliphatic heterocycles. The van der Waals surface area contributed by atoms with E-state index in [0.29, 0.717) is 18.8 Å². The summed E-state index contributed by atoms with van der Waals surface area (Å²) in [5.41, 5.74) is 2.56. The summed E-state index contributed by atoms with van der Waals surface area (Å²) in [5, 5.41) is 7.91. The first kappa shape index (κ1) is 17.3. The number of carbonyl (C=O) groups is 1. The Morgan fingerprint density at radius 2 is 1.83 bits per heavy atom. The fourth-order valence-corrected chi connectivity index (χ4v) is 3.77. The molecule has 1 amide bonds. The van der Waals surface area contributed by atoms with Crippen molar-refractivity contribution in [2.75, 3.05) is 31.1 Å². The number of hydrogen-bond acceptors (Lipinski definition) is 3. The van der Waals surface area contributed by atoms with Crippen LogP contribution in [0.1, 0.15) is 35.9 Å². The van der Waals surface area contributed by atoms with E-state index < -0.39 is 0 Å². The Bertz CT molecular complexity index is 721. The molecule has 0 spiro atoms. The highest BCUT2D eigenvalue weighted by atomic mass is 79.9. The van der Waals surface area contributed by atoms with Gasteiger partial charge in [-0.1, -0.05) is 25.4 Å². The van der Waals surface area contributed by atoms with Gasteiger partial charge >= 0.3 is 0 Å². The minimum absolute atomic E-state index is 0.0271. The molecule has 3 rings (SSSR count). The van der Waals surface area contributed by atoms with Crippen LogP contribution in [0.15, 0.2) is 28.7 Å². The van der Waals surface area contributed by atoms with Crippen LogP contribution in [-0.2, 0) is 0 Å². The number of hydrogen-bond donors (Lipinski definition) is 1. The molecule has 0 saturated carbocycles. The van der Waals surface area contributed by atoms with E-state index in [1.54, 1.807) is 0 Å². The Balaban J connectivity index is 1.66. The number of halogens is 2. The quantitative estimate of drug-likeness (QED) is 0.833. The lowest BCUT2D eigenvalue weighted by Gasteiger charge is -2.35. The van der Waals surface area contributed by atoms with Crippen LogP contribution in [0.4, 0.5) is 5.69 Å². The molecule has 2 aromatic rings. The molecular formula is C17H20BrClN4O. The van der Waals surface area contributed by atoms with E-state index in [1.807, 2.05) is 29.2 Å². The first-order valence-corrected chi connectivity index (χ1v) is 9.18. The fraction of sp³-hybridized carbons (Fsp3) is 0.412. The minimum atomic E-state index is -0.0271. The highest BCUT2D eigenvalue weighted by Crippen LogP contribution is 2.27. The van der Waals surface area contributed by atoms with E-state index >= 15 is 0 Å². The topological polar surface area (TPSA) is 52.2 Å². The molecule has 1 aromatic heterocycles. The Morgan fingerprint density at radius 3 is 2.38 bits per heavy atom. The van der Waals surface area contributed by atoms with Crippen molar-refractivity contribution in [1.82, 2.24) is 15.1 Å². The third kappa shape index (κ3) is 3.44. The van der Waals surface area contributed by atoms with Crippen LogP contribution in [0.25, 0.3) is 0 Å². The summed E-state index contributed by atoms with van der Waals surface area (Å²) in [6.07, 6.45) is 0. The van der Waals surface area contributed by atoms with Gasteiger partial charge in [0.2, 0.25) is 0 Å². The lowest BCUT2D eigenvalue weighted by Crippen LogP contribution is -2.49. The summed E-state index contributed by atoms with van der Waals surface area (Å²) < 4.78 is 0.780. The third-order valence-corrected chi connectivity index (χ3v) is 5.33. The molecule has 5 nitrogen and oxygen atoms in total. The normalized spacial score (nSPS) is 15.2. The predicted molar refractivity (Wildman–Crippen MR) is 99.9 cm³/mol. The number of carbonyl (C=O) groups excluding carboxylic acids is 1. The Hall–Kier alpha value is -1.53. The maximum Gasteiger partial charge on any atom is 0.275 e. The number of rotatable bonds is 3. The lowest BCUT2D eigenvalue weighted by molar-refractivity contribution is 0.0740. The number of nitrogens with one attached hydrogen (secondary N) is 1. The van der Waals surface area contributed by atoms with Gasteiger partial charge in [-0.05, 0) is 46.1 Å². The number of benzene rings is 1. The van der Waals surface area contributed by atoms with Crippen LogP contribution < -0.4 is 4.90 Å². The Morgan fingerprint density at radius 1 is 1.21 bits per heavy atom. The summed E-state index contributed by atoms with van der Waals surface area (Å²) in [5.74, 6) is 0.260. The van der Waals surface area contributed by atoms with E-state index in [1.165, 1.54) is 0 Å². The van der Waals surface area contributed by atoms with Gasteiger partial charge in [-0.25, -0.2) is 0 Å². The summed E-state index contributed by atoms with van der Waals surface area (Å²) in [7, 11) is 0. The second kappa shape index (κ2) is 7.15. The van der Waals surface area contributed by atoms with Gasteiger partial charge in [0, 0.05) is 36.9 Å². The second-order valence-electron chi connectivity index (χ2n) is 6.21. The Kier molecular flexibility index (Phi) is 5.15. The first-order valence-electron chi connectivity index (χ1n) is 8.01. The van der Waals surface area contributed by atoms with Crippen molar-refractivity contribution < 1.29 is 4.79 Å². The van der Waals surface area contributed by atoms with Gasteiger partial charge in [0.1, 0.15) is 0 Å². The van der Waals surface area contributed by atoms with E-state index in [4.69, 9.17) is 11.6 Å². The molecule has 0 aliphatic carbocycles. The van der Waals surface area contributed by atoms with Gasteiger partial charge in [-0.2, -0.15) is 5.10 Å². The zero-order chi connectivity index (χ0) is 17.3. The summed E-state index contributed by atoms with van der Waals surface area (Å²) in [6, 6.07) is 7.81. The Labute approximate surface area is 155 Å². The van der Waals surface area contributed by atoms with Crippen LogP contribution in [0.3, 0.4) is 0 Å². The molecule has 1 aliphatic rings. The zero-order valence-electron chi connectivity index (χ0n) is 13.7. The van der Waals surface area contributed by atoms with Crippen LogP contribution in [0.5, 0.6) is 0 Å². The highest BCUT2D eigenvalue weighted by Gasteiger charge is 2.27. The van der Waals surface area contributed by atoms with E-state index in [9.17, 15) is 4.79 Å². The zero-order valence-corrected chi connectivity index (χ0v) is 16.1. The van der Waals surface area contributed by atoms with E-state index in [2.05, 4.69) is 44.9 Å². The molecule has 128 valence electrons. The van der Waals surface area contributed by atoms with Crippen molar-refractivity contribution in [2.24, 2.45) is 0 Å². The molecule has 2 heterocycles. The van der Waals surface area contributed by atoms with Crippen LogP contribution in [0, 0.1) is 0 Å². The molecule has 0 unspecified atom stereocenters. The van der Waals surface area contributed by atoms with Crippen molar-refractivity contribution in [2.45, 2.75) is 19.8 Å². The second-order valence-corrected chi connectivity index (χ2v) is 7.44. The van der Waals surface area contributed by atoms with Crippen molar-refractivity contribution >= 4 is 39.1 Å². The number of aromatic amines is 1. The van der Waals surface area contributed by atoms with Crippen LogP contribution in [-0.4, -0.2) is 47.2 Å². The van der Waals surface area contributed by atoms with Gasteiger partial charge in [-0.15, -0.1) is 0 Å². The van der Waals surface area contributed by atoms with Gasteiger partial charge in [0.25, 0.3) is 5.91 Å². The number of aromatic nitrogens is 2. The van der Waals surface area contributed by atoms with Gasteiger partial charge in [-0.3, -0.25) is 9.89 Å². The smallest absolute Gasteiger partial charge is 0.275 e. The molecule has 24 heavy (non-hydrogen) atoms. The largest absolute Gasteiger partial charge is 0.368 e. The summed E-state index contributed by atoms with van der Waals surface area (Å²) >= 11 is 9.45. The van der Waals surface area contributed by atoms with E-state index in [0.717, 1.165) is 34.0 Å². The number of anilines is 1. The number of amides is 1. The molecule has 1 aromatic carbocycles. The lowest BCUT2D eigenvalue weighted by atomic mass is 10.1. The molecule has 0 bridgehead atoms. The predicted octanol–water partition coefficient (Wildman–Crippen LogP) is 3.91. The van der Waals surface area contributed by atoms with E-state index in [-0.39, 0.29) is 11.8 Å².